The second-order valence-corrected chi connectivity index (χ2v) is 5.16. The standard InChI is InChI=1S/C13H11Cl2N5O/c1-20-13-7(5-17-20)12(16)18-10(19-13)6-21-9-4-2-3-8(14)11(9)15/h2-5H,6H2,1H3,(H2,16,18,19). The first-order valence-electron chi connectivity index (χ1n) is 6.07. The average molecular weight is 324 g/mol. The Morgan fingerprint density at radius 3 is 2.90 bits per heavy atom. The van der Waals surface area contributed by atoms with Crippen molar-refractivity contribution in [3.8, 4) is 5.75 Å². The molecule has 0 fully saturated rings. The number of hydrogen-bond acceptors (Lipinski definition) is 5. The summed E-state index contributed by atoms with van der Waals surface area (Å²) in [5, 5.41) is 5.59. The minimum Gasteiger partial charge on any atom is -0.484 e. The molecule has 8 heteroatoms. The Morgan fingerprint density at radius 1 is 1.29 bits per heavy atom. The second-order valence-electron chi connectivity index (χ2n) is 4.37. The third-order valence-electron chi connectivity index (χ3n) is 2.94. The van der Waals surface area contributed by atoms with E-state index in [0.29, 0.717) is 38.5 Å². The van der Waals surface area contributed by atoms with Gasteiger partial charge in [-0.25, -0.2) is 9.97 Å². The van der Waals surface area contributed by atoms with Crippen molar-refractivity contribution >= 4 is 40.1 Å². The van der Waals surface area contributed by atoms with Gasteiger partial charge >= 0.3 is 0 Å². The van der Waals surface area contributed by atoms with E-state index in [1.165, 1.54) is 0 Å². The molecule has 0 saturated heterocycles. The number of benzene rings is 1. The van der Waals surface area contributed by atoms with Crippen LogP contribution in [0.2, 0.25) is 10.0 Å². The maximum Gasteiger partial charge on any atom is 0.170 e. The minimum absolute atomic E-state index is 0.130. The molecule has 3 aromatic rings. The largest absolute Gasteiger partial charge is 0.484 e. The van der Waals surface area contributed by atoms with Crippen molar-refractivity contribution < 1.29 is 4.74 Å². The first-order valence-corrected chi connectivity index (χ1v) is 6.83. The van der Waals surface area contributed by atoms with Gasteiger partial charge in [0.2, 0.25) is 0 Å². The first kappa shape index (κ1) is 13.9. The molecule has 2 aromatic heterocycles. The van der Waals surface area contributed by atoms with Crippen LogP contribution in [-0.4, -0.2) is 19.7 Å². The van der Waals surface area contributed by atoms with Crippen LogP contribution >= 0.6 is 23.2 Å². The summed E-state index contributed by atoms with van der Waals surface area (Å²) in [6.45, 7) is 0.130. The average Bonchev–Trinajstić information content (AvgIpc) is 2.83. The van der Waals surface area contributed by atoms with Gasteiger partial charge in [0.1, 0.15) is 23.2 Å². The predicted molar refractivity (Wildman–Crippen MR) is 81.5 cm³/mol. The fraction of sp³-hybridized carbons (Fsp3) is 0.154. The van der Waals surface area contributed by atoms with E-state index >= 15 is 0 Å². The van der Waals surface area contributed by atoms with Crippen LogP contribution in [0.1, 0.15) is 5.82 Å². The number of nitrogens with zero attached hydrogens (tertiary/aromatic N) is 4. The monoisotopic (exact) mass is 323 g/mol. The van der Waals surface area contributed by atoms with Crippen molar-refractivity contribution in [3.63, 3.8) is 0 Å². The Hall–Kier alpha value is -2.05. The van der Waals surface area contributed by atoms with Gasteiger partial charge in [0.05, 0.1) is 16.6 Å². The zero-order valence-corrected chi connectivity index (χ0v) is 12.6. The fourth-order valence-electron chi connectivity index (χ4n) is 1.89. The Kier molecular flexibility index (Phi) is 3.57. The molecule has 3 rings (SSSR count). The summed E-state index contributed by atoms with van der Waals surface area (Å²) in [6.07, 6.45) is 1.63. The van der Waals surface area contributed by atoms with Crippen LogP contribution < -0.4 is 10.5 Å². The van der Waals surface area contributed by atoms with Gasteiger partial charge in [-0.15, -0.1) is 0 Å². The van der Waals surface area contributed by atoms with E-state index < -0.39 is 0 Å². The Labute approximate surface area is 130 Å². The number of nitrogen functional groups attached to an aromatic ring is 1. The molecular formula is C13H11Cl2N5O. The van der Waals surface area contributed by atoms with E-state index in [4.69, 9.17) is 33.7 Å². The van der Waals surface area contributed by atoms with Crippen LogP contribution in [0.25, 0.3) is 11.0 Å². The molecule has 0 saturated carbocycles. The van der Waals surface area contributed by atoms with Crippen LogP contribution in [0, 0.1) is 0 Å². The van der Waals surface area contributed by atoms with Gasteiger partial charge in [0.25, 0.3) is 0 Å². The third-order valence-corrected chi connectivity index (χ3v) is 3.74. The van der Waals surface area contributed by atoms with E-state index in [1.807, 2.05) is 0 Å². The number of anilines is 1. The summed E-state index contributed by atoms with van der Waals surface area (Å²) < 4.78 is 7.23. The number of hydrogen-bond donors (Lipinski definition) is 1. The highest BCUT2D eigenvalue weighted by Crippen LogP contribution is 2.31. The normalized spacial score (nSPS) is 11.0. The lowest BCUT2D eigenvalue weighted by Gasteiger charge is -2.08. The minimum atomic E-state index is 0.130. The number of aromatic nitrogens is 4. The number of aryl methyl sites for hydroxylation is 1. The molecule has 2 heterocycles. The lowest BCUT2D eigenvalue weighted by molar-refractivity contribution is 0.296. The van der Waals surface area contributed by atoms with Crippen LogP contribution in [0.15, 0.2) is 24.4 Å². The lowest BCUT2D eigenvalue weighted by atomic mass is 10.3. The maximum absolute atomic E-state index is 6.06. The fourth-order valence-corrected chi connectivity index (χ4v) is 2.24. The maximum atomic E-state index is 6.06. The molecule has 0 atom stereocenters. The number of fused-ring (bicyclic) bond motifs is 1. The number of rotatable bonds is 3. The van der Waals surface area contributed by atoms with E-state index in [1.54, 1.807) is 36.1 Å². The molecular weight excluding hydrogens is 313 g/mol. The molecule has 1 aromatic carbocycles. The van der Waals surface area contributed by atoms with Crippen LogP contribution in [0.3, 0.4) is 0 Å². The van der Waals surface area contributed by atoms with Crippen molar-refractivity contribution in [2.24, 2.45) is 7.05 Å². The van der Waals surface area contributed by atoms with E-state index in [2.05, 4.69) is 15.1 Å². The van der Waals surface area contributed by atoms with Crippen molar-refractivity contribution in [1.82, 2.24) is 19.7 Å². The number of nitrogens with two attached hydrogens (primary N) is 1. The van der Waals surface area contributed by atoms with Crippen molar-refractivity contribution in [3.05, 3.63) is 40.3 Å². The molecule has 108 valence electrons. The lowest BCUT2D eigenvalue weighted by Crippen LogP contribution is -2.06. The first-order chi connectivity index (χ1) is 10.1. The molecule has 0 aliphatic carbocycles. The highest BCUT2D eigenvalue weighted by molar-refractivity contribution is 6.42. The molecule has 6 nitrogen and oxygen atoms in total. The second kappa shape index (κ2) is 5.38. The molecule has 21 heavy (non-hydrogen) atoms. The van der Waals surface area contributed by atoms with E-state index in [-0.39, 0.29) is 6.61 Å². The van der Waals surface area contributed by atoms with Crippen molar-refractivity contribution in [1.29, 1.82) is 0 Å². The van der Waals surface area contributed by atoms with Gasteiger partial charge in [-0.1, -0.05) is 29.3 Å². The van der Waals surface area contributed by atoms with Crippen LogP contribution in [0.5, 0.6) is 5.75 Å². The van der Waals surface area contributed by atoms with E-state index in [9.17, 15) is 0 Å². The van der Waals surface area contributed by atoms with Crippen LogP contribution in [-0.2, 0) is 13.7 Å². The molecule has 0 unspecified atom stereocenters. The SMILES string of the molecule is Cn1ncc2c(N)nc(COc3cccc(Cl)c3Cl)nc21. The van der Waals surface area contributed by atoms with Crippen molar-refractivity contribution in [2.75, 3.05) is 5.73 Å². The molecule has 0 spiro atoms. The topological polar surface area (TPSA) is 78.9 Å². The number of halogens is 2. The van der Waals surface area contributed by atoms with Gasteiger partial charge in [0, 0.05) is 7.05 Å². The van der Waals surface area contributed by atoms with E-state index in [0.717, 1.165) is 0 Å². The van der Waals surface area contributed by atoms with Crippen LogP contribution in [0.4, 0.5) is 5.82 Å². The van der Waals surface area contributed by atoms with Gasteiger partial charge in [-0.2, -0.15) is 5.10 Å². The highest BCUT2D eigenvalue weighted by Gasteiger charge is 2.11. The summed E-state index contributed by atoms with van der Waals surface area (Å²) >= 11 is 12.0. The predicted octanol–water partition coefficient (Wildman–Crippen LogP) is 2.83. The molecule has 0 radical (unpaired) electrons. The molecule has 0 aliphatic heterocycles. The quantitative estimate of drug-likeness (QED) is 0.801. The highest BCUT2D eigenvalue weighted by atomic mass is 35.5. The summed E-state index contributed by atoms with van der Waals surface area (Å²) in [6, 6.07) is 5.16. The summed E-state index contributed by atoms with van der Waals surface area (Å²) in [4.78, 5) is 8.57. The van der Waals surface area contributed by atoms with Gasteiger partial charge < -0.3 is 10.5 Å². The molecule has 2 N–H and O–H groups in total. The van der Waals surface area contributed by atoms with Gasteiger partial charge in [0.15, 0.2) is 11.5 Å². The van der Waals surface area contributed by atoms with Gasteiger partial charge in [-0.3, -0.25) is 4.68 Å². The molecule has 0 aliphatic rings. The smallest absolute Gasteiger partial charge is 0.170 e. The Morgan fingerprint density at radius 2 is 2.10 bits per heavy atom. The summed E-state index contributed by atoms with van der Waals surface area (Å²) in [5.74, 6) is 1.28. The third kappa shape index (κ3) is 2.59. The zero-order valence-electron chi connectivity index (χ0n) is 11.0. The Bertz CT molecular complexity index is 818. The number of ether oxygens (including phenoxy) is 1. The summed E-state index contributed by atoms with van der Waals surface area (Å²) in [5.41, 5.74) is 6.54. The van der Waals surface area contributed by atoms with Crippen molar-refractivity contribution in [2.45, 2.75) is 6.61 Å². The molecule has 0 bridgehead atoms. The zero-order chi connectivity index (χ0) is 15.0. The van der Waals surface area contributed by atoms with Gasteiger partial charge in [-0.05, 0) is 12.1 Å². The summed E-state index contributed by atoms with van der Waals surface area (Å²) in [7, 11) is 1.78. The Balaban J connectivity index is 1.88. The molecule has 0 amide bonds.